The van der Waals surface area contributed by atoms with E-state index in [1.807, 2.05) is 27.2 Å². The molecule has 0 rings (SSSR count). The third-order valence-electron chi connectivity index (χ3n) is 14.8. The van der Waals surface area contributed by atoms with Crippen LogP contribution in [0.1, 0.15) is 316 Å². The summed E-state index contributed by atoms with van der Waals surface area (Å²) < 4.78 is 23.3. The van der Waals surface area contributed by atoms with Crippen molar-refractivity contribution >= 4 is 13.7 Å². The van der Waals surface area contributed by atoms with Gasteiger partial charge in [-0.2, -0.15) is 0 Å². The molecule has 9 heteroatoms. The Morgan fingerprint density at radius 1 is 0.467 bits per heavy atom. The molecule has 0 aliphatic rings. The van der Waals surface area contributed by atoms with Crippen LogP contribution in [0.15, 0.2) is 48.6 Å². The van der Waals surface area contributed by atoms with E-state index in [4.69, 9.17) is 9.05 Å². The number of nitrogens with one attached hydrogen (secondary N) is 1. The van der Waals surface area contributed by atoms with E-state index in [0.29, 0.717) is 17.4 Å². The fourth-order valence-electron chi connectivity index (χ4n) is 9.67. The van der Waals surface area contributed by atoms with Crippen molar-refractivity contribution in [2.24, 2.45) is 0 Å². The van der Waals surface area contributed by atoms with Crippen molar-refractivity contribution in [3.05, 3.63) is 48.6 Å². The number of hydrogen-bond acceptors (Lipinski definition) is 6. The van der Waals surface area contributed by atoms with E-state index in [1.54, 1.807) is 6.08 Å². The van der Waals surface area contributed by atoms with Crippen LogP contribution in [-0.2, 0) is 18.4 Å². The van der Waals surface area contributed by atoms with Crippen LogP contribution in [0.5, 0.6) is 0 Å². The van der Waals surface area contributed by atoms with Gasteiger partial charge in [0.15, 0.2) is 0 Å². The number of unbranched alkanes of at least 4 members (excludes halogenated alkanes) is 41. The molecule has 3 atom stereocenters. The molecule has 1 amide bonds. The molecule has 3 unspecified atom stereocenters. The van der Waals surface area contributed by atoms with Crippen LogP contribution in [0, 0.1) is 0 Å². The Morgan fingerprint density at radius 2 is 0.787 bits per heavy atom. The molecule has 0 fully saturated rings. The molecule has 0 aromatic rings. The number of carbonyl (C=O) groups excluding carboxylic acids is 1. The van der Waals surface area contributed by atoms with Gasteiger partial charge in [0, 0.05) is 6.42 Å². The first kappa shape index (κ1) is 73.5. The van der Waals surface area contributed by atoms with Gasteiger partial charge in [-0.3, -0.25) is 9.36 Å². The van der Waals surface area contributed by atoms with Gasteiger partial charge in [-0.25, -0.2) is 0 Å². The van der Waals surface area contributed by atoms with Crippen LogP contribution in [0.25, 0.3) is 0 Å². The molecule has 0 aliphatic carbocycles. The van der Waals surface area contributed by atoms with Crippen molar-refractivity contribution in [2.75, 3.05) is 40.9 Å². The van der Waals surface area contributed by atoms with Crippen LogP contribution in [0.3, 0.4) is 0 Å². The summed E-state index contributed by atoms with van der Waals surface area (Å²) in [7, 11) is 1.25. The predicted molar refractivity (Wildman–Crippen MR) is 325 cm³/mol. The molecule has 0 saturated carbocycles. The van der Waals surface area contributed by atoms with E-state index in [2.05, 4.69) is 55.6 Å². The molecule has 2 N–H and O–H groups in total. The zero-order valence-electron chi connectivity index (χ0n) is 50.5. The summed E-state index contributed by atoms with van der Waals surface area (Å²) in [5.41, 5.74) is 0. The van der Waals surface area contributed by atoms with Crippen LogP contribution < -0.4 is 10.2 Å². The van der Waals surface area contributed by atoms with Gasteiger partial charge in [-0.05, 0) is 64.2 Å². The smallest absolute Gasteiger partial charge is 0.268 e. The van der Waals surface area contributed by atoms with Crippen molar-refractivity contribution in [3.63, 3.8) is 0 Å². The van der Waals surface area contributed by atoms with Crippen molar-refractivity contribution < 1.29 is 32.9 Å². The zero-order valence-corrected chi connectivity index (χ0v) is 51.4. The van der Waals surface area contributed by atoms with Gasteiger partial charge < -0.3 is 28.8 Å². The Hall–Kier alpha value is -1.54. The van der Waals surface area contributed by atoms with Crippen molar-refractivity contribution in [1.82, 2.24) is 5.32 Å². The molecule has 0 aromatic heterocycles. The number of phosphoric ester groups is 1. The standard InChI is InChI=1S/C66H127N2O6P/c1-6-8-10-12-14-16-18-20-22-24-25-26-27-28-29-30-31-32-33-34-35-36-37-38-39-40-41-42-43-44-46-48-50-52-54-56-58-60-66(70)67-64(63-74-75(71,72)73-62-61-68(3,4)5)65(69)59-57-55-53-51-49-47-45-23-21-19-17-15-13-11-9-7-2/h18,20,24-25,49,51,57,59,64-65,69H,6-17,19,21-23,26-48,50,52-56,58,60-63H2,1-5H3,(H-,67,70,71,72)/b20-18-,25-24-,51-49+,59-57+. The minimum atomic E-state index is -4.60. The normalized spacial score (nSPS) is 14.1. The fraction of sp³-hybridized carbons (Fsp3) is 0.864. The predicted octanol–water partition coefficient (Wildman–Crippen LogP) is 19.6. The Labute approximate surface area is 467 Å². The molecule has 8 nitrogen and oxygen atoms in total. The highest BCUT2D eigenvalue weighted by atomic mass is 31.2. The van der Waals surface area contributed by atoms with Gasteiger partial charge in [0.2, 0.25) is 5.91 Å². The maximum atomic E-state index is 13.0. The molecular formula is C66H127N2O6P. The van der Waals surface area contributed by atoms with E-state index < -0.39 is 20.0 Å². The topological polar surface area (TPSA) is 108 Å². The second-order valence-corrected chi connectivity index (χ2v) is 24.9. The second kappa shape index (κ2) is 57.2. The molecule has 0 heterocycles. The fourth-order valence-corrected chi connectivity index (χ4v) is 10.4. The number of phosphoric acid groups is 1. The van der Waals surface area contributed by atoms with Crippen LogP contribution in [0.2, 0.25) is 0 Å². The number of aliphatic hydroxyl groups excluding tert-OH is 1. The number of amides is 1. The third kappa shape index (κ3) is 60.0. The summed E-state index contributed by atoms with van der Waals surface area (Å²) in [4.78, 5) is 25.5. The van der Waals surface area contributed by atoms with Gasteiger partial charge in [-0.15, -0.1) is 0 Å². The number of rotatable bonds is 60. The highest BCUT2D eigenvalue weighted by Crippen LogP contribution is 2.38. The summed E-state index contributed by atoms with van der Waals surface area (Å²) in [6, 6.07) is -0.902. The minimum absolute atomic E-state index is 0.00512. The quantitative estimate of drug-likeness (QED) is 0.0272. The highest BCUT2D eigenvalue weighted by molar-refractivity contribution is 7.45. The van der Waals surface area contributed by atoms with Crippen LogP contribution in [0.4, 0.5) is 0 Å². The van der Waals surface area contributed by atoms with Gasteiger partial charge in [0.1, 0.15) is 13.2 Å². The molecule has 0 spiro atoms. The Morgan fingerprint density at radius 3 is 1.16 bits per heavy atom. The molecule has 0 bridgehead atoms. The average Bonchev–Trinajstić information content (AvgIpc) is 3.37. The molecular weight excluding hydrogens is 948 g/mol. The number of allylic oxidation sites excluding steroid dienone is 7. The van der Waals surface area contributed by atoms with Gasteiger partial charge in [0.05, 0.1) is 39.9 Å². The summed E-state index contributed by atoms with van der Waals surface area (Å²) in [5.74, 6) is -0.202. The summed E-state index contributed by atoms with van der Waals surface area (Å²) in [6.45, 7) is 4.65. The van der Waals surface area contributed by atoms with Crippen molar-refractivity contribution in [3.8, 4) is 0 Å². The molecule has 0 aromatic carbocycles. The average molecular weight is 1080 g/mol. The summed E-state index contributed by atoms with van der Waals surface area (Å²) in [6.07, 6.45) is 76.6. The number of quaternary nitrogens is 1. The summed E-state index contributed by atoms with van der Waals surface area (Å²) in [5, 5.41) is 13.9. The third-order valence-corrected chi connectivity index (χ3v) is 15.7. The minimum Gasteiger partial charge on any atom is -0.756 e. The molecule has 442 valence electrons. The van der Waals surface area contributed by atoms with E-state index >= 15 is 0 Å². The van der Waals surface area contributed by atoms with E-state index in [-0.39, 0.29) is 19.1 Å². The van der Waals surface area contributed by atoms with Gasteiger partial charge >= 0.3 is 0 Å². The monoisotopic (exact) mass is 1070 g/mol. The van der Waals surface area contributed by atoms with E-state index in [0.717, 1.165) is 44.9 Å². The second-order valence-electron chi connectivity index (χ2n) is 23.5. The lowest BCUT2D eigenvalue weighted by Gasteiger charge is -2.29. The van der Waals surface area contributed by atoms with Crippen molar-refractivity contribution in [2.45, 2.75) is 328 Å². The largest absolute Gasteiger partial charge is 0.756 e. The SMILES string of the molecule is CCCCCCC/C=C\C/C=C\CCCCCCCCCCCCCCCCCCCCCCCCCCCC(=O)NC(COP(=O)([O-])OCC[N+](C)(C)C)C(O)/C=C/CC/C=C/CCCCCCCCCCCC. The number of likely N-dealkylation sites (N-methyl/N-ethyl adjacent to an activating group) is 1. The van der Waals surface area contributed by atoms with Crippen LogP contribution in [-0.4, -0.2) is 68.5 Å². The number of carbonyl (C=O) groups is 1. The number of nitrogens with zero attached hydrogens (tertiary/aromatic N) is 1. The van der Waals surface area contributed by atoms with E-state index in [1.165, 1.54) is 250 Å². The first-order valence-electron chi connectivity index (χ1n) is 32.5. The Bertz CT molecular complexity index is 1360. The van der Waals surface area contributed by atoms with Crippen LogP contribution >= 0.6 is 7.82 Å². The maximum absolute atomic E-state index is 13.0. The van der Waals surface area contributed by atoms with Gasteiger partial charge in [0.25, 0.3) is 7.82 Å². The maximum Gasteiger partial charge on any atom is 0.268 e. The lowest BCUT2D eigenvalue weighted by atomic mass is 10.0. The Kier molecular flexibility index (Phi) is 56.0. The first-order chi connectivity index (χ1) is 36.5. The number of hydrogen-bond donors (Lipinski definition) is 2. The lowest BCUT2D eigenvalue weighted by molar-refractivity contribution is -0.870. The molecule has 75 heavy (non-hydrogen) atoms. The molecule has 0 aliphatic heterocycles. The Balaban J connectivity index is 3.96. The molecule has 0 radical (unpaired) electrons. The number of aliphatic hydroxyl groups is 1. The summed E-state index contributed by atoms with van der Waals surface area (Å²) >= 11 is 0. The lowest BCUT2D eigenvalue weighted by Crippen LogP contribution is -2.45. The first-order valence-corrected chi connectivity index (χ1v) is 34.0. The highest BCUT2D eigenvalue weighted by Gasteiger charge is 2.23. The zero-order chi connectivity index (χ0) is 54.9. The van der Waals surface area contributed by atoms with Crippen molar-refractivity contribution in [1.29, 1.82) is 0 Å². The van der Waals surface area contributed by atoms with Gasteiger partial charge in [-0.1, -0.05) is 294 Å². The van der Waals surface area contributed by atoms with E-state index in [9.17, 15) is 19.4 Å². The molecule has 0 saturated heterocycles.